The molecule has 2 N–H and O–H groups in total. The molecule has 9 heteroatoms. The Labute approximate surface area is 247 Å². The highest BCUT2D eigenvalue weighted by Crippen LogP contribution is 2.32. The molecular formula is C32H53N3O6. The first-order chi connectivity index (χ1) is 19.8. The maximum Gasteiger partial charge on any atom is 0.253 e. The highest BCUT2D eigenvalue weighted by molar-refractivity contribution is 5.96. The van der Waals surface area contributed by atoms with Crippen molar-refractivity contribution in [2.24, 2.45) is 23.5 Å². The molecule has 41 heavy (non-hydrogen) atoms. The molecule has 2 fully saturated rings. The second kappa shape index (κ2) is 17.2. The topological polar surface area (TPSA) is 104 Å². The van der Waals surface area contributed by atoms with Crippen molar-refractivity contribution in [3.05, 3.63) is 36.0 Å². The first-order valence-corrected chi connectivity index (χ1v) is 15.4. The fraction of sp³-hybridized carbons (Fsp3) is 0.750. The number of amides is 2. The van der Waals surface area contributed by atoms with Gasteiger partial charge >= 0.3 is 0 Å². The number of nitrogens with zero attached hydrogens (tertiary/aromatic N) is 2. The number of methoxy groups -OCH3 is 2. The van der Waals surface area contributed by atoms with Crippen LogP contribution in [0.4, 0.5) is 0 Å². The standard InChI is InChI=1S/C32H53N3O6/c1-23(2)34(31(36)25-9-12-29(39-5)13-14-30(18-25)41-17-7-15-38-4)20-24(3)27(19-33)21-35(28-10-11-28)32(37)26-8-6-16-40-22-26/h9,12-14,18,23-24,26-30H,6-8,10-11,15-17,19-22,33H2,1-5H3/b12-9-,14-13?,25-18+/t24-,26?,27?,29?,30?/m0/s1. The molecular weight excluding hydrogens is 522 g/mol. The van der Waals surface area contributed by atoms with Crippen molar-refractivity contribution in [3.8, 4) is 0 Å². The molecule has 0 radical (unpaired) electrons. The number of carbonyl (C=O) groups excluding carboxylic acids is 2. The van der Waals surface area contributed by atoms with E-state index in [9.17, 15) is 9.59 Å². The van der Waals surface area contributed by atoms with Gasteiger partial charge in [0.1, 0.15) is 0 Å². The van der Waals surface area contributed by atoms with Crippen molar-refractivity contribution >= 4 is 11.8 Å². The Morgan fingerprint density at radius 1 is 1.05 bits per heavy atom. The van der Waals surface area contributed by atoms with Crippen LogP contribution in [0.15, 0.2) is 36.0 Å². The number of ether oxygens (including phenoxy) is 4. The van der Waals surface area contributed by atoms with Crippen molar-refractivity contribution in [3.63, 3.8) is 0 Å². The summed E-state index contributed by atoms with van der Waals surface area (Å²) in [6, 6.07) is 0.292. The van der Waals surface area contributed by atoms with E-state index in [1.54, 1.807) is 14.2 Å². The Morgan fingerprint density at radius 3 is 2.41 bits per heavy atom. The molecule has 1 heterocycles. The Balaban J connectivity index is 1.72. The summed E-state index contributed by atoms with van der Waals surface area (Å²) in [5, 5.41) is 0. The molecule has 3 rings (SSSR count). The van der Waals surface area contributed by atoms with E-state index in [-0.39, 0.29) is 47.8 Å². The summed E-state index contributed by atoms with van der Waals surface area (Å²) in [5.41, 5.74) is 6.89. The summed E-state index contributed by atoms with van der Waals surface area (Å²) >= 11 is 0. The lowest BCUT2D eigenvalue weighted by molar-refractivity contribution is -0.141. The quantitative estimate of drug-likeness (QED) is 0.222. The monoisotopic (exact) mass is 575 g/mol. The zero-order valence-electron chi connectivity index (χ0n) is 25.8. The Morgan fingerprint density at radius 2 is 1.80 bits per heavy atom. The van der Waals surface area contributed by atoms with Crippen LogP contribution in [0.25, 0.3) is 0 Å². The maximum atomic E-state index is 14.0. The highest BCUT2D eigenvalue weighted by atomic mass is 16.5. The van der Waals surface area contributed by atoms with Crippen LogP contribution in [0, 0.1) is 17.8 Å². The minimum Gasteiger partial charge on any atom is -0.385 e. The second-order valence-corrected chi connectivity index (χ2v) is 11.9. The minimum atomic E-state index is -0.349. The Kier molecular flexibility index (Phi) is 14.0. The van der Waals surface area contributed by atoms with Gasteiger partial charge in [-0.05, 0) is 70.4 Å². The van der Waals surface area contributed by atoms with Crippen molar-refractivity contribution in [1.82, 2.24) is 9.80 Å². The minimum absolute atomic E-state index is 0.0153. The molecule has 0 aromatic heterocycles. The van der Waals surface area contributed by atoms with E-state index in [2.05, 4.69) is 11.8 Å². The Hall–Kier alpha value is -2.04. The summed E-state index contributed by atoms with van der Waals surface area (Å²) in [7, 11) is 3.32. The van der Waals surface area contributed by atoms with Gasteiger partial charge in [-0.1, -0.05) is 31.2 Å². The van der Waals surface area contributed by atoms with Crippen molar-refractivity contribution in [1.29, 1.82) is 0 Å². The highest BCUT2D eigenvalue weighted by Gasteiger charge is 2.38. The number of hydrogen-bond donors (Lipinski definition) is 1. The first-order valence-electron chi connectivity index (χ1n) is 15.4. The van der Waals surface area contributed by atoms with E-state index in [0.717, 1.165) is 38.7 Å². The van der Waals surface area contributed by atoms with E-state index in [1.165, 1.54) is 0 Å². The van der Waals surface area contributed by atoms with Gasteiger partial charge in [0.05, 0.1) is 24.7 Å². The van der Waals surface area contributed by atoms with Gasteiger partial charge in [0.25, 0.3) is 5.91 Å². The van der Waals surface area contributed by atoms with Gasteiger partial charge in [-0.2, -0.15) is 0 Å². The molecule has 232 valence electrons. The predicted molar refractivity (Wildman–Crippen MR) is 160 cm³/mol. The molecule has 9 nitrogen and oxygen atoms in total. The van der Waals surface area contributed by atoms with E-state index < -0.39 is 0 Å². The van der Waals surface area contributed by atoms with Gasteiger partial charge in [-0.25, -0.2) is 0 Å². The molecule has 1 aliphatic heterocycles. The number of rotatable bonds is 16. The van der Waals surface area contributed by atoms with Crippen LogP contribution >= 0.6 is 0 Å². The number of carbonyl (C=O) groups is 2. The molecule has 2 amide bonds. The lowest BCUT2D eigenvalue weighted by atomic mass is 9.91. The summed E-state index contributed by atoms with van der Waals surface area (Å²) in [4.78, 5) is 31.4. The smallest absolute Gasteiger partial charge is 0.253 e. The van der Waals surface area contributed by atoms with E-state index in [4.69, 9.17) is 24.7 Å². The average Bonchev–Trinajstić information content (AvgIpc) is 3.81. The van der Waals surface area contributed by atoms with Crippen LogP contribution in [0.1, 0.15) is 52.9 Å². The van der Waals surface area contributed by atoms with Crippen LogP contribution in [0.5, 0.6) is 0 Å². The van der Waals surface area contributed by atoms with Crippen LogP contribution in [-0.2, 0) is 28.5 Å². The van der Waals surface area contributed by atoms with Gasteiger partial charge in [0.15, 0.2) is 0 Å². The van der Waals surface area contributed by atoms with Gasteiger partial charge in [0, 0.05) is 64.8 Å². The molecule has 5 atom stereocenters. The predicted octanol–water partition coefficient (Wildman–Crippen LogP) is 3.34. The van der Waals surface area contributed by atoms with Crippen LogP contribution in [-0.4, -0.2) is 106 Å². The molecule has 2 aliphatic carbocycles. The van der Waals surface area contributed by atoms with Gasteiger partial charge in [0.2, 0.25) is 5.91 Å². The SMILES string of the molecule is COCCCOC1C=CC(OC)/C=C\C(C(=O)N(C[C@H](C)C(CN)CN(C(=O)C2CCCOC2)C2CC2)C(C)C)=C/1. The largest absolute Gasteiger partial charge is 0.385 e. The zero-order chi connectivity index (χ0) is 29.8. The van der Waals surface area contributed by atoms with Crippen LogP contribution in [0.2, 0.25) is 0 Å². The van der Waals surface area contributed by atoms with E-state index in [1.807, 2.05) is 49.1 Å². The lowest BCUT2D eigenvalue weighted by Gasteiger charge is -2.37. The third-order valence-corrected chi connectivity index (χ3v) is 8.31. The van der Waals surface area contributed by atoms with Gasteiger partial charge < -0.3 is 34.5 Å². The first kappa shape index (κ1) is 33.5. The van der Waals surface area contributed by atoms with Gasteiger partial charge in [-0.15, -0.1) is 0 Å². The zero-order valence-corrected chi connectivity index (χ0v) is 25.8. The normalized spacial score (nSPS) is 26.4. The van der Waals surface area contributed by atoms with Crippen molar-refractivity contribution in [2.45, 2.75) is 77.2 Å². The van der Waals surface area contributed by atoms with Crippen LogP contribution in [0.3, 0.4) is 0 Å². The third-order valence-electron chi connectivity index (χ3n) is 8.31. The molecule has 0 spiro atoms. The number of hydrogen-bond acceptors (Lipinski definition) is 7. The number of nitrogens with two attached hydrogens (primary N) is 1. The average molecular weight is 576 g/mol. The Bertz CT molecular complexity index is 909. The summed E-state index contributed by atoms with van der Waals surface area (Å²) < 4.78 is 22.3. The third kappa shape index (κ3) is 10.3. The lowest BCUT2D eigenvalue weighted by Crippen LogP contribution is -2.48. The summed E-state index contributed by atoms with van der Waals surface area (Å²) in [6.45, 7) is 10.2. The molecule has 0 aromatic carbocycles. The van der Waals surface area contributed by atoms with Gasteiger partial charge in [-0.3, -0.25) is 9.59 Å². The molecule has 1 saturated heterocycles. The molecule has 4 unspecified atom stereocenters. The molecule has 3 aliphatic rings. The fourth-order valence-electron chi connectivity index (χ4n) is 5.46. The second-order valence-electron chi connectivity index (χ2n) is 11.9. The van der Waals surface area contributed by atoms with Crippen LogP contribution < -0.4 is 5.73 Å². The molecule has 0 aromatic rings. The molecule has 0 bridgehead atoms. The summed E-state index contributed by atoms with van der Waals surface area (Å²) in [6.07, 6.45) is 13.6. The van der Waals surface area contributed by atoms with Crippen molar-refractivity contribution in [2.75, 3.05) is 60.3 Å². The van der Waals surface area contributed by atoms with E-state index in [0.29, 0.717) is 51.1 Å². The van der Waals surface area contributed by atoms with E-state index >= 15 is 0 Å². The summed E-state index contributed by atoms with van der Waals surface area (Å²) in [5.74, 6) is 0.284. The fourth-order valence-corrected chi connectivity index (χ4v) is 5.46. The maximum absolute atomic E-state index is 14.0. The molecule has 1 saturated carbocycles. The van der Waals surface area contributed by atoms with Crippen molar-refractivity contribution < 1.29 is 28.5 Å².